The fourth-order valence-electron chi connectivity index (χ4n) is 1.12. The Hall–Kier alpha value is -1.14. The zero-order valence-electron chi connectivity index (χ0n) is 8.54. The van der Waals surface area contributed by atoms with E-state index in [1.807, 2.05) is 6.07 Å². The highest BCUT2D eigenvalue weighted by atomic mass is 19.4. The maximum Gasteiger partial charge on any atom is 0.415 e. The van der Waals surface area contributed by atoms with Crippen molar-refractivity contribution < 1.29 is 18.3 Å². The van der Waals surface area contributed by atoms with E-state index in [1.165, 1.54) is 0 Å². The highest BCUT2D eigenvalue weighted by molar-refractivity contribution is 5.03. The van der Waals surface area contributed by atoms with E-state index in [1.54, 1.807) is 18.3 Å². The number of pyridine rings is 1. The van der Waals surface area contributed by atoms with E-state index >= 15 is 0 Å². The summed E-state index contributed by atoms with van der Waals surface area (Å²) in [6, 6.07) is 5.37. The summed E-state index contributed by atoms with van der Waals surface area (Å²) < 4.78 is 35.7. The zero-order valence-corrected chi connectivity index (χ0v) is 8.54. The molecule has 0 aliphatic carbocycles. The van der Waals surface area contributed by atoms with E-state index in [2.05, 4.69) is 10.3 Å². The molecule has 0 fully saturated rings. The molecule has 0 saturated carbocycles. The summed E-state index contributed by atoms with van der Waals surface area (Å²) in [4.78, 5) is 4.02. The van der Waals surface area contributed by atoms with Crippen molar-refractivity contribution >= 4 is 0 Å². The average Bonchev–Trinajstić information content (AvgIpc) is 2.24. The van der Waals surface area contributed by atoms with Gasteiger partial charge in [0.05, 0.1) is 0 Å². The van der Waals surface area contributed by atoms with Gasteiger partial charge in [-0.05, 0) is 12.1 Å². The minimum absolute atomic E-state index is 0.351. The first-order valence-corrected chi connectivity index (χ1v) is 4.85. The van der Waals surface area contributed by atoms with Crippen LogP contribution in [0.4, 0.5) is 13.2 Å². The Balaban J connectivity index is 2.18. The van der Waals surface area contributed by atoms with Gasteiger partial charge in [0.1, 0.15) is 0 Å². The molecule has 1 aromatic rings. The smallest absolute Gasteiger partial charge is 0.382 e. The molecular weight excluding hydrogens is 221 g/mol. The number of hydrogen-bond donors (Lipinski definition) is 2. The highest BCUT2D eigenvalue weighted by Crippen LogP contribution is 2.18. The molecule has 0 spiro atoms. The average molecular weight is 234 g/mol. The summed E-state index contributed by atoms with van der Waals surface area (Å²) in [5, 5.41) is 11.2. The molecule has 0 aliphatic rings. The summed E-state index contributed by atoms with van der Waals surface area (Å²) in [6.45, 7) is -0.138. The van der Waals surface area contributed by atoms with E-state index in [-0.39, 0.29) is 0 Å². The molecule has 2 N–H and O–H groups in total. The third-order valence-corrected chi connectivity index (χ3v) is 2.00. The summed E-state index contributed by atoms with van der Waals surface area (Å²) >= 11 is 0. The largest absolute Gasteiger partial charge is 0.415 e. The SMILES string of the molecule is OC(CNCCc1ccccn1)C(F)(F)F. The topological polar surface area (TPSA) is 45.1 Å². The van der Waals surface area contributed by atoms with E-state index in [4.69, 9.17) is 5.11 Å². The maximum absolute atomic E-state index is 11.9. The van der Waals surface area contributed by atoms with Crippen LogP contribution in [-0.2, 0) is 6.42 Å². The number of hydrogen-bond acceptors (Lipinski definition) is 3. The van der Waals surface area contributed by atoms with E-state index < -0.39 is 18.8 Å². The first kappa shape index (κ1) is 12.9. The molecule has 0 aromatic carbocycles. The van der Waals surface area contributed by atoms with Crippen molar-refractivity contribution in [1.29, 1.82) is 0 Å². The van der Waals surface area contributed by atoms with Crippen molar-refractivity contribution in [2.45, 2.75) is 18.7 Å². The molecular formula is C10H13F3N2O. The first-order chi connectivity index (χ1) is 7.50. The number of nitrogens with one attached hydrogen (secondary N) is 1. The van der Waals surface area contributed by atoms with Crippen LogP contribution >= 0.6 is 0 Å². The van der Waals surface area contributed by atoms with Gasteiger partial charge in [0.15, 0.2) is 6.10 Å². The Bertz CT molecular complexity index is 303. The minimum Gasteiger partial charge on any atom is -0.382 e. The number of rotatable bonds is 5. The Labute approximate surface area is 91.3 Å². The molecule has 0 radical (unpaired) electrons. The van der Waals surface area contributed by atoms with Crippen molar-refractivity contribution in [3.8, 4) is 0 Å². The van der Waals surface area contributed by atoms with Crippen molar-refractivity contribution in [2.75, 3.05) is 13.1 Å². The lowest BCUT2D eigenvalue weighted by Crippen LogP contribution is -2.39. The lowest BCUT2D eigenvalue weighted by atomic mass is 10.2. The monoisotopic (exact) mass is 234 g/mol. The van der Waals surface area contributed by atoms with Crippen LogP contribution in [0.25, 0.3) is 0 Å². The molecule has 1 rings (SSSR count). The van der Waals surface area contributed by atoms with Gasteiger partial charge in [-0.15, -0.1) is 0 Å². The van der Waals surface area contributed by atoms with Gasteiger partial charge >= 0.3 is 6.18 Å². The fourth-order valence-corrected chi connectivity index (χ4v) is 1.12. The van der Waals surface area contributed by atoms with Crippen molar-refractivity contribution in [3.63, 3.8) is 0 Å². The molecule has 1 unspecified atom stereocenters. The molecule has 0 amide bonds. The Kier molecular flexibility index (Phi) is 4.70. The molecule has 1 aromatic heterocycles. The van der Waals surface area contributed by atoms with Crippen LogP contribution in [0.3, 0.4) is 0 Å². The normalized spacial score (nSPS) is 13.8. The number of aliphatic hydroxyl groups excluding tert-OH is 1. The van der Waals surface area contributed by atoms with Gasteiger partial charge in [-0.1, -0.05) is 6.07 Å². The standard InChI is InChI=1S/C10H13F3N2O/c11-10(12,13)9(16)7-14-6-4-8-3-1-2-5-15-8/h1-3,5,9,14,16H,4,6-7H2. The van der Waals surface area contributed by atoms with E-state index in [9.17, 15) is 13.2 Å². The van der Waals surface area contributed by atoms with Gasteiger partial charge in [-0.2, -0.15) is 13.2 Å². The van der Waals surface area contributed by atoms with Crippen molar-refractivity contribution in [2.24, 2.45) is 0 Å². The van der Waals surface area contributed by atoms with Crippen LogP contribution < -0.4 is 5.32 Å². The molecule has 1 atom stereocenters. The summed E-state index contributed by atoms with van der Waals surface area (Å²) in [7, 11) is 0. The Morgan fingerprint density at radius 2 is 2.12 bits per heavy atom. The second-order valence-corrected chi connectivity index (χ2v) is 3.33. The summed E-state index contributed by atoms with van der Waals surface area (Å²) in [5.41, 5.74) is 0.802. The van der Waals surface area contributed by atoms with Crippen LogP contribution in [0.2, 0.25) is 0 Å². The van der Waals surface area contributed by atoms with E-state index in [0.717, 1.165) is 5.69 Å². The predicted molar refractivity (Wildman–Crippen MR) is 52.9 cm³/mol. The molecule has 0 aliphatic heterocycles. The quantitative estimate of drug-likeness (QED) is 0.751. The third kappa shape index (κ3) is 4.59. The van der Waals surface area contributed by atoms with Gasteiger partial charge < -0.3 is 10.4 Å². The summed E-state index contributed by atoms with van der Waals surface area (Å²) in [6.07, 6.45) is -4.71. The van der Waals surface area contributed by atoms with Gasteiger partial charge in [0.25, 0.3) is 0 Å². The lowest BCUT2D eigenvalue weighted by Gasteiger charge is -2.14. The molecule has 16 heavy (non-hydrogen) atoms. The van der Waals surface area contributed by atoms with Gasteiger partial charge in [0, 0.05) is 31.4 Å². The maximum atomic E-state index is 11.9. The third-order valence-electron chi connectivity index (χ3n) is 2.00. The predicted octanol–water partition coefficient (Wildman–Crippen LogP) is 1.14. The fraction of sp³-hybridized carbons (Fsp3) is 0.500. The van der Waals surface area contributed by atoms with Gasteiger partial charge in [-0.3, -0.25) is 4.98 Å². The number of nitrogens with zero attached hydrogens (tertiary/aromatic N) is 1. The van der Waals surface area contributed by atoms with Crippen LogP contribution in [0, 0.1) is 0 Å². The Morgan fingerprint density at radius 3 is 2.69 bits per heavy atom. The zero-order chi connectivity index (χ0) is 12.0. The molecule has 90 valence electrons. The number of halogens is 3. The van der Waals surface area contributed by atoms with Crippen molar-refractivity contribution in [3.05, 3.63) is 30.1 Å². The second-order valence-electron chi connectivity index (χ2n) is 3.33. The van der Waals surface area contributed by atoms with Crippen LogP contribution in [-0.4, -0.2) is 35.5 Å². The summed E-state index contributed by atoms with van der Waals surface area (Å²) in [5.74, 6) is 0. The molecule has 0 saturated heterocycles. The lowest BCUT2D eigenvalue weighted by molar-refractivity contribution is -0.201. The molecule has 1 heterocycles. The van der Waals surface area contributed by atoms with Gasteiger partial charge in [-0.25, -0.2) is 0 Å². The second kappa shape index (κ2) is 5.81. The molecule has 3 nitrogen and oxygen atoms in total. The molecule has 6 heteroatoms. The Morgan fingerprint density at radius 1 is 1.38 bits per heavy atom. The minimum atomic E-state index is -4.56. The highest BCUT2D eigenvalue weighted by Gasteiger charge is 2.37. The van der Waals surface area contributed by atoms with Crippen LogP contribution in [0.1, 0.15) is 5.69 Å². The van der Waals surface area contributed by atoms with E-state index in [0.29, 0.717) is 13.0 Å². The first-order valence-electron chi connectivity index (χ1n) is 4.85. The number of alkyl halides is 3. The van der Waals surface area contributed by atoms with Crippen LogP contribution in [0.5, 0.6) is 0 Å². The van der Waals surface area contributed by atoms with Gasteiger partial charge in [0.2, 0.25) is 0 Å². The number of aromatic nitrogens is 1. The number of aliphatic hydroxyl groups is 1. The van der Waals surface area contributed by atoms with Crippen LogP contribution in [0.15, 0.2) is 24.4 Å². The molecule has 0 bridgehead atoms. The van der Waals surface area contributed by atoms with Crippen molar-refractivity contribution in [1.82, 2.24) is 10.3 Å².